The summed E-state index contributed by atoms with van der Waals surface area (Å²) >= 11 is 0. The standard InChI is InChI=1S/C32H38F2N4O6/c1-18(2)42-31(40)44-20(4)43-30(39)21-6-9-24(10-7-21)32(5,41)26-11-8-23(17-36-26)25-14-19(3)15-28(37-25)38-27-16-22(29(33)34)12-13-35-27/h8,11-18,20-21,24,29,41H,6-7,9-10H2,1-5H3,(H,35,37,38)/t20?,21-,24-,32?. The first-order chi connectivity index (χ1) is 20.8. The first-order valence-corrected chi connectivity index (χ1v) is 14.6. The summed E-state index contributed by atoms with van der Waals surface area (Å²) in [4.78, 5) is 37.5. The van der Waals surface area contributed by atoms with Crippen molar-refractivity contribution in [3.05, 3.63) is 65.6 Å². The maximum atomic E-state index is 13.1. The van der Waals surface area contributed by atoms with Crippen LogP contribution in [-0.2, 0) is 24.6 Å². The van der Waals surface area contributed by atoms with Gasteiger partial charge >= 0.3 is 12.1 Å². The third-order valence-corrected chi connectivity index (χ3v) is 7.57. The molecule has 4 rings (SSSR count). The van der Waals surface area contributed by atoms with E-state index in [4.69, 9.17) is 14.2 Å². The zero-order valence-corrected chi connectivity index (χ0v) is 25.4. The fraction of sp³-hybridized carbons (Fsp3) is 0.469. The Hall–Kier alpha value is -4.19. The van der Waals surface area contributed by atoms with Crippen LogP contribution in [0, 0.1) is 18.8 Å². The molecule has 0 spiro atoms. The fourth-order valence-corrected chi connectivity index (χ4v) is 5.25. The number of hydrogen-bond donors (Lipinski definition) is 2. The lowest BCUT2D eigenvalue weighted by atomic mass is 9.73. The number of aliphatic hydroxyl groups is 1. The number of carbonyl (C=O) groups excluding carboxylic acids is 2. The normalized spacial score (nSPS) is 18.8. The van der Waals surface area contributed by atoms with Crippen LogP contribution in [-0.4, -0.2) is 44.6 Å². The highest BCUT2D eigenvalue weighted by molar-refractivity contribution is 5.73. The largest absolute Gasteiger partial charge is 0.511 e. The second-order valence-corrected chi connectivity index (χ2v) is 11.5. The number of halogens is 2. The molecule has 2 unspecified atom stereocenters. The van der Waals surface area contributed by atoms with E-state index in [9.17, 15) is 23.5 Å². The van der Waals surface area contributed by atoms with Crippen LogP contribution in [0.5, 0.6) is 0 Å². The lowest BCUT2D eigenvalue weighted by molar-refractivity contribution is -0.175. The number of alkyl halides is 2. The first-order valence-electron chi connectivity index (χ1n) is 14.6. The number of aromatic nitrogens is 3. The lowest BCUT2D eigenvalue weighted by Crippen LogP contribution is -2.37. The van der Waals surface area contributed by atoms with Gasteiger partial charge in [-0.3, -0.25) is 9.78 Å². The van der Waals surface area contributed by atoms with E-state index in [-0.39, 0.29) is 29.3 Å². The van der Waals surface area contributed by atoms with Gasteiger partial charge in [-0.25, -0.2) is 23.5 Å². The van der Waals surface area contributed by atoms with E-state index < -0.39 is 30.4 Å². The number of ether oxygens (including phenoxy) is 3. The highest BCUT2D eigenvalue weighted by atomic mass is 19.3. The first kappa shape index (κ1) is 32.7. The Morgan fingerprint density at radius 1 is 0.977 bits per heavy atom. The van der Waals surface area contributed by atoms with Crippen LogP contribution >= 0.6 is 0 Å². The van der Waals surface area contributed by atoms with E-state index in [1.165, 1.54) is 25.3 Å². The summed E-state index contributed by atoms with van der Waals surface area (Å²) in [5, 5.41) is 14.5. The fourth-order valence-electron chi connectivity index (χ4n) is 5.25. The minimum absolute atomic E-state index is 0.135. The van der Waals surface area contributed by atoms with Gasteiger partial charge in [0.05, 0.1) is 23.4 Å². The highest BCUT2D eigenvalue weighted by Crippen LogP contribution is 2.41. The molecule has 44 heavy (non-hydrogen) atoms. The minimum atomic E-state index is -2.61. The van der Waals surface area contributed by atoms with Crippen LogP contribution in [0.25, 0.3) is 11.3 Å². The van der Waals surface area contributed by atoms with Crippen molar-refractivity contribution in [2.24, 2.45) is 11.8 Å². The average Bonchev–Trinajstić information content (AvgIpc) is 2.96. The Morgan fingerprint density at radius 2 is 1.70 bits per heavy atom. The summed E-state index contributed by atoms with van der Waals surface area (Å²) in [6.07, 6.45) is 0.217. The van der Waals surface area contributed by atoms with Gasteiger partial charge in [0.1, 0.15) is 17.2 Å². The second-order valence-electron chi connectivity index (χ2n) is 11.5. The number of pyridine rings is 3. The monoisotopic (exact) mass is 612 g/mol. The third kappa shape index (κ3) is 8.46. The zero-order chi connectivity index (χ0) is 32.0. The Balaban J connectivity index is 1.37. The molecule has 10 nitrogen and oxygen atoms in total. The van der Waals surface area contributed by atoms with Crippen LogP contribution in [0.15, 0.2) is 48.8 Å². The number of esters is 1. The smallest absolute Gasteiger partial charge is 0.431 e. The van der Waals surface area contributed by atoms with Gasteiger partial charge in [0.2, 0.25) is 6.29 Å². The number of anilines is 2. The van der Waals surface area contributed by atoms with Gasteiger partial charge in [0.15, 0.2) is 0 Å². The SMILES string of the molecule is Cc1cc(Nc2cc(C(F)F)ccn2)nc(-c2ccc(C(C)(O)[C@H]3CC[C@H](C(=O)OC(C)OC(=O)OC(C)C)CC3)nc2)c1. The van der Waals surface area contributed by atoms with Crippen molar-refractivity contribution in [1.82, 2.24) is 15.0 Å². The van der Waals surface area contributed by atoms with Gasteiger partial charge in [0, 0.05) is 30.4 Å². The molecule has 0 aromatic carbocycles. The van der Waals surface area contributed by atoms with Gasteiger partial charge in [-0.2, -0.15) is 0 Å². The van der Waals surface area contributed by atoms with E-state index in [1.54, 1.807) is 39.1 Å². The Kier molecular flexibility index (Phi) is 10.5. The van der Waals surface area contributed by atoms with Crippen molar-refractivity contribution < 1.29 is 37.7 Å². The molecule has 0 bridgehead atoms. The molecule has 0 radical (unpaired) electrons. The number of hydrogen-bond acceptors (Lipinski definition) is 10. The maximum absolute atomic E-state index is 13.1. The van der Waals surface area contributed by atoms with E-state index >= 15 is 0 Å². The third-order valence-electron chi connectivity index (χ3n) is 7.57. The molecule has 1 saturated carbocycles. The molecule has 236 valence electrons. The lowest BCUT2D eigenvalue weighted by Gasteiger charge is -2.37. The van der Waals surface area contributed by atoms with Crippen LogP contribution < -0.4 is 5.32 Å². The quantitative estimate of drug-likeness (QED) is 0.182. The maximum Gasteiger partial charge on any atom is 0.511 e. The average molecular weight is 613 g/mol. The molecule has 0 saturated heterocycles. The van der Waals surface area contributed by atoms with Crippen molar-refractivity contribution in [2.75, 3.05) is 5.32 Å². The Bertz CT molecular complexity index is 1440. The van der Waals surface area contributed by atoms with Crippen LogP contribution in [0.1, 0.15) is 76.6 Å². The molecule has 3 heterocycles. The molecular formula is C32H38F2N4O6. The molecule has 2 N–H and O–H groups in total. The summed E-state index contributed by atoms with van der Waals surface area (Å²) < 4.78 is 41.3. The molecule has 12 heteroatoms. The summed E-state index contributed by atoms with van der Waals surface area (Å²) in [6, 6.07) is 9.79. The second kappa shape index (κ2) is 14.1. The van der Waals surface area contributed by atoms with E-state index in [0.29, 0.717) is 48.5 Å². The van der Waals surface area contributed by atoms with Gasteiger partial charge in [-0.05, 0) is 101 Å². The Morgan fingerprint density at radius 3 is 2.34 bits per heavy atom. The van der Waals surface area contributed by atoms with Gasteiger partial charge in [0.25, 0.3) is 6.43 Å². The van der Waals surface area contributed by atoms with Crippen LogP contribution in [0.2, 0.25) is 0 Å². The van der Waals surface area contributed by atoms with E-state index in [2.05, 4.69) is 20.3 Å². The predicted octanol–water partition coefficient (Wildman–Crippen LogP) is 6.99. The minimum Gasteiger partial charge on any atom is -0.431 e. The summed E-state index contributed by atoms with van der Waals surface area (Å²) in [5.74, 6) is -0.250. The molecule has 3 aromatic rings. The van der Waals surface area contributed by atoms with E-state index in [1.807, 2.05) is 19.1 Å². The van der Waals surface area contributed by atoms with Crippen molar-refractivity contribution >= 4 is 23.8 Å². The molecule has 0 aliphatic heterocycles. The zero-order valence-electron chi connectivity index (χ0n) is 25.4. The molecule has 1 fully saturated rings. The van der Waals surface area contributed by atoms with E-state index in [0.717, 1.165) is 5.56 Å². The topological polar surface area (TPSA) is 133 Å². The number of nitrogens with one attached hydrogen (secondary N) is 1. The van der Waals surface area contributed by atoms with Crippen molar-refractivity contribution in [3.8, 4) is 11.3 Å². The van der Waals surface area contributed by atoms with Gasteiger partial charge in [-0.15, -0.1) is 0 Å². The van der Waals surface area contributed by atoms with Crippen LogP contribution in [0.3, 0.4) is 0 Å². The summed E-state index contributed by atoms with van der Waals surface area (Å²) in [5.41, 5.74) is 1.35. The number of nitrogens with zero attached hydrogens (tertiary/aromatic N) is 3. The molecular weight excluding hydrogens is 574 g/mol. The summed E-state index contributed by atoms with van der Waals surface area (Å²) in [6.45, 7) is 8.45. The van der Waals surface area contributed by atoms with Gasteiger partial charge < -0.3 is 24.6 Å². The Labute approximate surface area is 255 Å². The molecule has 2 atom stereocenters. The van der Waals surface area contributed by atoms with Crippen molar-refractivity contribution in [3.63, 3.8) is 0 Å². The number of aryl methyl sites for hydroxylation is 1. The summed E-state index contributed by atoms with van der Waals surface area (Å²) in [7, 11) is 0. The highest BCUT2D eigenvalue weighted by Gasteiger charge is 2.39. The number of rotatable bonds is 10. The van der Waals surface area contributed by atoms with Crippen molar-refractivity contribution in [2.45, 2.75) is 84.7 Å². The molecule has 3 aromatic heterocycles. The molecule has 0 amide bonds. The number of carbonyl (C=O) groups is 2. The van der Waals surface area contributed by atoms with Crippen molar-refractivity contribution in [1.29, 1.82) is 0 Å². The predicted molar refractivity (Wildman–Crippen MR) is 158 cm³/mol. The van der Waals surface area contributed by atoms with Crippen LogP contribution in [0.4, 0.5) is 25.2 Å². The van der Waals surface area contributed by atoms with Gasteiger partial charge in [-0.1, -0.05) is 0 Å². The molecule has 1 aliphatic carbocycles. The molecule has 1 aliphatic rings.